The number of anilines is 1. The number of nitrogens with one attached hydrogen (secondary N) is 1. The summed E-state index contributed by atoms with van der Waals surface area (Å²) in [6.07, 6.45) is 1.37. The van der Waals surface area contributed by atoms with Crippen LogP contribution in [0.5, 0.6) is 11.5 Å². The number of rotatable bonds is 7. The highest BCUT2D eigenvalue weighted by molar-refractivity contribution is 9.10. The molecule has 0 unspecified atom stereocenters. The highest BCUT2D eigenvalue weighted by atomic mass is 79.9. The van der Waals surface area contributed by atoms with Gasteiger partial charge in [-0.1, -0.05) is 34.1 Å². The van der Waals surface area contributed by atoms with Crippen molar-refractivity contribution in [3.8, 4) is 11.5 Å². The predicted octanol–water partition coefficient (Wildman–Crippen LogP) is 6.30. The van der Waals surface area contributed by atoms with E-state index in [2.05, 4.69) is 37.2 Å². The van der Waals surface area contributed by atoms with Crippen molar-refractivity contribution < 1.29 is 28.2 Å². The van der Waals surface area contributed by atoms with E-state index in [-0.39, 0.29) is 18.0 Å². The van der Waals surface area contributed by atoms with Crippen LogP contribution in [-0.4, -0.2) is 24.5 Å². The van der Waals surface area contributed by atoms with E-state index in [1.54, 1.807) is 55.5 Å². The average Bonchev–Trinajstić information content (AvgIpc) is 2.84. The van der Waals surface area contributed by atoms with E-state index in [9.17, 15) is 18.8 Å². The minimum atomic E-state index is -0.832. The number of imide groups is 2. The molecule has 1 heterocycles. The van der Waals surface area contributed by atoms with E-state index >= 15 is 0 Å². The molecule has 190 valence electrons. The minimum Gasteiger partial charge on any atom is -0.490 e. The molecule has 37 heavy (non-hydrogen) atoms. The van der Waals surface area contributed by atoms with Crippen LogP contribution in [0.1, 0.15) is 23.6 Å². The van der Waals surface area contributed by atoms with Crippen LogP contribution in [0.15, 0.2) is 69.1 Å². The molecule has 0 saturated carbocycles. The number of ether oxygens (including phenoxy) is 2. The summed E-state index contributed by atoms with van der Waals surface area (Å²) in [6, 6.07) is 13.7. The summed E-state index contributed by atoms with van der Waals surface area (Å²) in [5, 5.41) is 2.22. The molecule has 3 aromatic carbocycles. The Balaban J connectivity index is 1.67. The lowest BCUT2D eigenvalue weighted by molar-refractivity contribution is -0.122. The molecule has 0 spiro atoms. The number of halogens is 3. The standard InChI is InChI=1S/C27H21Br2FN2O5/c1-3-36-23-13-16(12-21(29)24(23)37-14-17-6-4-5-7-22(17)30)11-19-25(33)31-27(35)32(26(19)34)18-8-9-20(28)15(2)10-18/h4-13H,3,14H2,1-2H3,(H,31,33,35)/b19-11+. The second-order valence-electron chi connectivity index (χ2n) is 8.03. The Bertz CT molecular complexity index is 1440. The number of carbonyl (C=O) groups is 3. The van der Waals surface area contributed by atoms with Crippen LogP contribution in [0.4, 0.5) is 14.9 Å². The molecule has 0 bridgehead atoms. The smallest absolute Gasteiger partial charge is 0.335 e. The summed E-state index contributed by atoms with van der Waals surface area (Å²) in [5.41, 5.74) is 1.75. The molecule has 3 aromatic rings. The monoisotopic (exact) mass is 630 g/mol. The van der Waals surface area contributed by atoms with Crippen molar-refractivity contribution in [3.63, 3.8) is 0 Å². The molecule has 10 heteroatoms. The third kappa shape index (κ3) is 5.75. The Labute approximate surface area is 229 Å². The van der Waals surface area contributed by atoms with Gasteiger partial charge in [0.1, 0.15) is 18.0 Å². The maximum absolute atomic E-state index is 14.0. The van der Waals surface area contributed by atoms with Gasteiger partial charge >= 0.3 is 6.03 Å². The molecule has 4 rings (SSSR count). The number of hydrogen-bond donors (Lipinski definition) is 1. The third-order valence-electron chi connectivity index (χ3n) is 5.47. The number of carbonyl (C=O) groups excluding carboxylic acids is 3. The Hall–Kier alpha value is -3.50. The van der Waals surface area contributed by atoms with Gasteiger partial charge in [0.2, 0.25) is 0 Å². The van der Waals surface area contributed by atoms with E-state index in [0.717, 1.165) is 14.9 Å². The Morgan fingerprint density at radius 1 is 1.00 bits per heavy atom. The maximum atomic E-state index is 14.0. The fourth-order valence-corrected chi connectivity index (χ4v) is 4.49. The number of aryl methyl sites for hydroxylation is 1. The number of hydrogen-bond acceptors (Lipinski definition) is 5. The summed E-state index contributed by atoms with van der Waals surface area (Å²) in [7, 11) is 0. The molecule has 4 amide bonds. The van der Waals surface area contributed by atoms with E-state index in [0.29, 0.717) is 39.4 Å². The summed E-state index contributed by atoms with van der Waals surface area (Å²) in [5.74, 6) is -1.28. The molecule has 7 nitrogen and oxygen atoms in total. The minimum absolute atomic E-state index is 0.0314. The van der Waals surface area contributed by atoms with E-state index < -0.39 is 17.8 Å². The first-order valence-electron chi connectivity index (χ1n) is 11.2. The molecule has 0 atom stereocenters. The van der Waals surface area contributed by atoms with Crippen molar-refractivity contribution in [2.75, 3.05) is 11.5 Å². The highest BCUT2D eigenvalue weighted by Gasteiger charge is 2.37. The number of barbiturate groups is 1. The predicted molar refractivity (Wildman–Crippen MR) is 144 cm³/mol. The Kier molecular flexibility index (Phi) is 8.09. The molecular formula is C27H21Br2FN2O5. The van der Waals surface area contributed by atoms with Gasteiger partial charge in [-0.3, -0.25) is 14.9 Å². The molecule has 0 radical (unpaired) electrons. The second kappa shape index (κ2) is 11.3. The van der Waals surface area contributed by atoms with Crippen LogP contribution in [0.2, 0.25) is 0 Å². The number of urea groups is 1. The highest BCUT2D eigenvalue weighted by Crippen LogP contribution is 2.38. The zero-order chi connectivity index (χ0) is 26.7. The quantitative estimate of drug-likeness (QED) is 0.244. The van der Waals surface area contributed by atoms with Gasteiger partial charge in [0, 0.05) is 10.0 Å². The Morgan fingerprint density at radius 3 is 2.46 bits per heavy atom. The first-order chi connectivity index (χ1) is 17.7. The molecule has 1 aliphatic rings. The van der Waals surface area contributed by atoms with Crippen molar-refractivity contribution >= 4 is 61.5 Å². The molecular weight excluding hydrogens is 611 g/mol. The third-order valence-corrected chi connectivity index (χ3v) is 6.95. The second-order valence-corrected chi connectivity index (χ2v) is 9.74. The van der Waals surface area contributed by atoms with Crippen molar-refractivity contribution in [2.24, 2.45) is 0 Å². The van der Waals surface area contributed by atoms with E-state index in [1.807, 2.05) is 6.92 Å². The normalized spacial score (nSPS) is 14.7. The van der Waals surface area contributed by atoms with Crippen LogP contribution in [0.25, 0.3) is 6.08 Å². The van der Waals surface area contributed by atoms with Crippen LogP contribution in [0.3, 0.4) is 0 Å². The van der Waals surface area contributed by atoms with Crippen LogP contribution in [-0.2, 0) is 16.2 Å². The summed E-state index contributed by atoms with van der Waals surface area (Å²) < 4.78 is 26.9. The van der Waals surface area contributed by atoms with Gasteiger partial charge in [-0.2, -0.15) is 0 Å². The first-order valence-corrected chi connectivity index (χ1v) is 12.8. The van der Waals surface area contributed by atoms with Crippen molar-refractivity contribution in [1.82, 2.24) is 5.32 Å². The molecule has 1 fully saturated rings. The average molecular weight is 632 g/mol. The van der Waals surface area contributed by atoms with Crippen LogP contribution in [0, 0.1) is 12.7 Å². The van der Waals surface area contributed by atoms with Gasteiger partial charge in [-0.05, 0) is 83.4 Å². The van der Waals surface area contributed by atoms with Crippen molar-refractivity contribution in [2.45, 2.75) is 20.5 Å². The van der Waals surface area contributed by atoms with Gasteiger partial charge < -0.3 is 9.47 Å². The zero-order valence-corrected chi connectivity index (χ0v) is 23.0. The van der Waals surface area contributed by atoms with E-state index in [1.165, 1.54) is 12.1 Å². The lowest BCUT2D eigenvalue weighted by Gasteiger charge is -2.26. The number of amides is 4. The van der Waals surface area contributed by atoms with Crippen molar-refractivity contribution in [1.29, 1.82) is 0 Å². The number of nitrogens with zero attached hydrogens (tertiary/aromatic N) is 1. The van der Waals surface area contributed by atoms with Gasteiger partial charge in [-0.25, -0.2) is 14.1 Å². The molecule has 1 saturated heterocycles. The van der Waals surface area contributed by atoms with Gasteiger partial charge in [0.15, 0.2) is 11.5 Å². The molecule has 0 aliphatic carbocycles. The van der Waals surface area contributed by atoms with Gasteiger partial charge in [0.25, 0.3) is 11.8 Å². The lowest BCUT2D eigenvalue weighted by Crippen LogP contribution is -2.54. The first kappa shape index (κ1) is 26.6. The zero-order valence-electron chi connectivity index (χ0n) is 19.8. The Morgan fingerprint density at radius 2 is 1.76 bits per heavy atom. The van der Waals surface area contributed by atoms with Gasteiger partial charge in [0.05, 0.1) is 16.8 Å². The summed E-state index contributed by atoms with van der Waals surface area (Å²) in [4.78, 5) is 39.3. The van der Waals surface area contributed by atoms with E-state index in [4.69, 9.17) is 9.47 Å². The van der Waals surface area contributed by atoms with Crippen molar-refractivity contribution in [3.05, 3.63) is 91.6 Å². The summed E-state index contributed by atoms with van der Waals surface area (Å²) in [6.45, 7) is 3.90. The topological polar surface area (TPSA) is 84.9 Å². The lowest BCUT2D eigenvalue weighted by atomic mass is 10.1. The maximum Gasteiger partial charge on any atom is 0.335 e. The molecule has 1 N–H and O–H groups in total. The van der Waals surface area contributed by atoms with Gasteiger partial charge in [-0.15, -0.1) is 0 Å². The molecule has 1 aliphatic heterocycles. The fraction of sp³-hybridized carbons (Fsp3) is 0.148. The van der Waals surface area contributed by atoms with Crippen LogP contribution < -0.4 is 19.7 Å². The van der Waals surface area contributed by atoms with Crippen LogP contribution >= 0.6 is 31.9 Å². The fourth-order valence-electron chi connectivity index (χ4n) is 3.67. The molecule has 0 aromatic heterocycles. The summed E-state index contributed by atoms with van der Waals surface area (Å²) >= 11 is 6.84. The largest absolute Gasteiger partial charge is 0.490 e. The SMILES string of the molecule is CCOc1cc(/C=C2\C(=O)NC(=O)N(c3ccc(Br)c(C)c3)C2=O)cc(Br)c1OCc1ccccc1F. The number of benzene rings is 3.